The average molecular weight is 330 g/mol. The largest absolute Gasteiger partial charge is 0.322 e. The summed E-state index contributed by atoms with van der Waals surface area (Å²) in [5, 5.41) is 14.3. The third-order valence-corrected chi connectivity index (χ3v) is 4.02. The molecule has 25 heavy (non-hydrogen) atoms. The van der Waals surface area contributed by atoms with Crippen molar-refractivity contribution in [2.24, 2.45) is 0 Å². The SMILES string of the molecule is c1cnc2ccc(Cn3[nH]c4ncc(Nc5cc[nH]n5)nc43)cc2c1. The number of pyridine rings is 1. The summed E-state index contributed by atoms with van der Waals surface area (Å²) in [6.45, 7) is 0.693. The highest BCUT2D eigenvalue weighted by molar-refractivity contribution is 5.79. The summed E-state index contributed by atoms with van der Waals surface area (Å²) in [5.41, 5.74) is 3.75. The van der Waals surface area contributed by atoms with E-state index in [2.05, 4.69) is 53.8 Å². The van der Waals surface area contributed by atoms with Crippen molar-refractivity contribution < 1.29 is 0 Å². The van der Waals surface area contributed by atoms with Gasteiger partial charge < -0.3 is 5.32 Å². The number of nitrogens with zero attached hydrogens (tertiary/aromatic N) is 5. The van der Waals surface area contributed by atoms with Crippen molar-refractivity contribution in [1.82, 2.24) is 34.9 Å². The molecule has 0 fully saturated rings. The third-order valence-electron chi connectivity index (χ3n) is 4.02. The predicted molar refractivity (Wildman–Crippen MR) is 94.6 cm³/mol. The number of H-pyrrole nitrogens is 2. The van der Waals surface area contributed by atoms with Gasteiger partial charge in [0.2, 0.25) is 0 Å². The van der Waals surface area contributed by atoms with Crippen LogP contribution in [0.3, 0.4) is 0 Å². The number of nitrogens with one attached hydrogen (secondary N) is 3. The van der Waals surface area contributed by atoms with E-state index in [1.807, 2.05) is 22.9 Å². The van der Waals surface area contributed by atoms with Crippen LogP contribution in [0.2, 0.25) is 0 Å². The molecular weight excluding hydrogens is 316 g/mol. The fourth-order valence-corrected chi connectivity index (χ4v) is 2.82. The number of rotatable bonds is 4. The highest BCUT2D eigenvalue weighted by Gasteiger charge is 2.11. The normalized spacial score (nSPS) is 11.4. The first-order valence-electron chi connectivity index (χ1n) is 7.87. The van der Waals surface area contributed by atoms with Gasteiger partial charge in [0.15, 0.2) is 22.9 Å². The molecule has 3 N–H and O–H groups in total. The third kappa shape index (κ3) is 2.49. The lowest BCUT2D eigenvalue weighted by molar-refractivity contribution is 0.666. The Morgan fingerprint density at radius 3 is 3.00 bits per heavy atom. The van der Waals surface area contributed by atoms with Crippen LogP contribution < -0.4 is 5.32 Å². The van der Waals surface area contributed by atoms with E-state index >= 15 is 0 Å². The molecule has 0 atom stereocenters. The van der Waals surface area contributed by atoms with Crippen LogP contribution in [0.5, 0.6) is 0 Å². The fraction of sp³-hybridized carbons (Fsp3) is 0.0588. The lowest BCUT2D eigenvalue weighted by atomic mass is 10.1. The van der Waals surface area contributed by atoms with E-state index in [4.69, 9.17) is 0 Å². The number of benzene rings is 1. The van der Waals surface area contributed by atoms with Gasteiger partial charge in [-0.2, -0.15) is 5.10 Å². The second-order valence-electron chi connectivity index (χ2n) is 5.74. The molecule has 0 amide bonds. The molecule has 122 valence electrons. The maximum Gasteiger partial charge on any atom is 0.194 e. The minimum atomic E-state index is 0.653. The Kier molecular flexibility index (Phi) is 2.99. The molecule has 0 spiro atoms. The summed E-state index contributed by atoms with van der Waals surface area (Å²) < 4.78 is 1.97. The van der Waals surface area contributed by atoms with E-state index in [1.165, 1.54) is 5.56 Å². The Bertz CT molecular complexity index is 1150. The fourth-order valence-electron chi connectivity index (χ4n) is 2.82. The van der Waals surface area contributed by atoms with Crippen molar-refractivity contribution in [2.45, 2.75) is 6.54 Å². The Morgan fingerprint density at radius 1 is 1.08 bits per heavy atom. The summed E-state index contributed by atoms with van der Waals surface area (Å²) in [6.07, 6.45) is 5.23. The van der Waals surface area contributed by atoms with E-state index in [-0.39, 0.29) is 0 Å². The van der Waals surface area contributed by atoms with Crippen LogP contribution in [0.25, 0.3) is 22.2 Å². The van der Waals surface area contributed by atoms with Gasteiger partial charge in [-0.15, -0.1) is 0 Å². The number of fused-ring (bicyclic) bond motifs is 2. The minimum Gasteiger partial charge on any atom is -0.322 e. The molecule has 0 bridgehead atoms. The van der Waals surface area contributed by atoms with Gasteiger partial charge in [-0.3, -0.25) is 19.9 Å². The van der Waals surface area contributed by atoms with E-state index in [9.17, 15) is 0 Å². The number of anilines is 2. The first kappa shape index (κ1) is 13.7. The molecule has 0 aliphatic heterocycles. The molecule has 0 saturated heterocycles. The Morgan fingerprint density at radius 2 is 2.08 bits per heavy atom. The standard InChI is InChI=1S/C17H14N8/c1-2-12-8-11(3-4-13(12)18-6-1)10-25-17-16(24-25)19-9-15(22-17)21-14-5-7-20-23-14/h1-9H,10H2,(H,19,24)(H2,20,21,22,23). The molecule has 0 saturated carbocycles. The maximum atomic E-state index is 4.60. The molecule has 8 nitrogen and oxygen atoms in total. The van der Waals surface area contributed by atoms with Crippen molar-refractivity contribution in [1.29, 1.82) is 0 Å². The van der Waals surface area contributed by atoms with Crippen molar-refractivity contribution in [3.8, 4) is 0 Å². The second kappa shape index (κ2) is 5.45. The van der Waals surface area contributed by atoms with Gasteiger partial charge in [-0.25, -0.2) is 9.97 Å². The molecule has 1 aromatic carbocycles. The summed E-state index contributed by atoms with van der Waals surface area (Å²) in [6, 6.07) is 12.1. The van der Waals surface area contributed by atoms with E-state index < -0.39 is 0 Å². The average Bonchev–Trinajstić information content (AvgIpc) is 3.14. The number of hydrogen-bond acceptors (Lipinski definition) is 5. The molecule has 5 rings (SSSR count). The monoisotopic (exact) mass is 330 g/mol. The maximum absolute atomic E-state index is 4.60. The van der Waals surface area contributed by atoms with Crippen LogP contribution in [0.4, 0.5) is 11.6 Å². The molecule has 4 aromatic heterocycles. The van der Waals surface area contributed by atoms with Crippen LogP contribution in [0.15, 0.2) is 55.0 Å². The summed E-state index contributed by atoms with van der Waals surface area (Å²) in [5.74, 6) is 1.36. The molecule has 0 radical (unpaired) electrons. The van der Waals surface area contributed by atoms with Gasteiger partial charge in [-0.05, 0) is 23.8 Å². The highest BCUT2D eigenvalue weighted by Crippen LogP contribution is 2.19. The number of aromatic amines is 2. The Hall–Kier alpha value is -3.68. The van der Waals surface area contributed by atoms with Crippen LogP contribution in [0.1, 0.15) is 5.56 Å². The van der Waals surface area contributed by atoms with Crippen LogP contribution in [-0.2, 0) is 6.54 Å². The lowest BCUT2D eigenvalue weighted by Gasteiger charge is -2.16. The summed E-state index contributed by atoms with van der Waals surface area (Å²) in [4.78, 5) is 13.3. The smallest absolute Gasteiger partial charge is 0.194 e. The van der Waals surface area contributed by atoms with Gasteiger partial charge in [0.25, 0.3) is 0 Å². The highest BCUT2D eigenvalue weighted by atomic mass is 15.4. The zero-order chi connectivity index (χ0) is 16.6. The van der Waals surface area contributed by atoms with Gasteiger partial charge in [0, 0.05) is 23.8 Å². The van der Waals surface area contributed by atoms with Gasteiger partial charge >= 0.3 is 0 Å². The van der Waals surface area contributed by atoms with Gasteiger partial charge in [-0.1, -0.05) is 12.1 Å². The zero-order valence-corrected chi connectivity index (χ0v) is 13.1. The molecule has 0 unspecified atom stereocenters. The number of hydrogen-bond donors (Lipinski definition) is 3. The van der Waals surface area contributed by atoms with Crippen LogP contribution in [0, 0.1) is 0 Å². The topological polar surface area (TPSA) is 100 Å². The van der Waals surface area contributed by atoms with Crippen LogP contribution >= 0.6 is 0 Å². The Balaban J connectivity index is 1.44. The molecule has 0 aliphatic carbocycles. The summed E-state index contributed by atoms with van der Waals surface area (Å²) >= 11 is 0. The first-order chi connectivity index (χ1) is 12.3. The second-order valence-corrected chi connectivity index (χ2v) is 5.74. The van der Waals surface area contributed by atoms with Crippen molar-refractivity contribution in [3.05, 3.63) is 60.6 Å². The van der Waals surface area contributed by atoms with Gasteiger partial charge in [0.05, 0.1) is 18.3 Å². The molecule has 4 heterocycles. The van der Waals surface area contributed by atoms with E-state index in [0.29, 0.717) is 18.2 Å². The summed E-state index contributed by atoms with van der Waals surface area (Å²) in [7, 11) is 0. The van der Waals surface area contributed by atoms with E-state index in [0.717, 1.165) is 22.2 Å². The molecule has 8 heteroatoms. The quantitative estimate of drug-likeness (QED) is 0.470. The van der Waals surface area contributed by atoms with Crippen LogP contribution in [-0.4, -0.2) is 34.9 Å². The lowest BCUT2D eigenvalue weighted by Crippen LogP contribution is -2.15. The Labute approximate surface area is 141 Å². The van der Waals surface area contributed by atoms with Crippen molar-refractivity contribution >= 4 is 33.8 Å². The molecular formula is C17H14N8. The predicted octanol–water partition coefficient (Wildman–Crippen LogP) is 2.82. The van der Waals surface area contributed by atoms with Crippen molar-refractivity contribution in [2.75, 3.05) is 5.32 Å². The van der Waals surface area contributed by atoms with Gasteiger partial charge in [0.1, 0.15) is 0 Å². The molecule has 5 aromatic rings. The first-order valence-corrected chi connectivity index (χ1v) is 7.87. The van der Waals surface area contributed by atoms with Crippen molar-refractivity contribution in [3.63, 3.8) is 0 Å². The molecule has 0 aliphatic rings. The minimum absolute atomic E-state index is 0.653. The zero-order valence-electron chi connectivity index (χ0n) is 13.1. The van der Waals surface area contributed by atoms with E-state index in [1.54, 1.807) is 18.6 Å². The number of aromatic nitrogens is 7.